The Bertz CT molecular complexity index is 1230. The van der Waals surface area contributed by atoms with Gasteiger partial charge in [0.25, 0.3) is 11.8 Å². The summed E-state index contributed by atoms with van der Waals surface area (Å²) in [6.45, 7) is 3.81. The van der Waals surface area contributed by atoms with Gasteiger partial charge in [-0.2, -0.15) is 5.10 Å². The van der Waals surface area contributed by atoms with E-state index in [0.717, 1.165) is 22.3 Å². The average molecular weight is 406 g/mol. The zero-order valence-corrected chi connectivity index (χ0v) is 16.6. The summed E-state index contributed by atoms with van der Waals surface area (Å²) in [5.74, 6) is -0.975. The summed E-state index contributed by atoms with van der Waals surface area (Å²) in [6.07, 6.45) is 3.01. The van der Waals surface area contributed by atoms with Crippen LogP contribution in [0.2, 0.25) is 0 Å². The lowest BCUT2D eigenvalue weighted by Crippen LogP contribution is -2.41. The van der Waals surface area contributed by atoms with Crippen LogP contribution < -0.4 is 16.6 Å². The predicted molar refractivity (Wildman–Crippen MR) is 112 cm³/mol. The Labute approximate surface area is 170 Å². The van der Waals surface area contributed by atoms with Gasteiger partial charge in [0.1, 0.15) is 9.71 Å². The largest absolute Gasteiger partial charge is 0.397 e. The number of para-hydroxylation sites is 1. The number of thiophene rings is 1. The smallest absolute Gasteiger partial charge is 0.281 e. The van der Waals surface area contributed by atoms with Crippen molar-refractivity contribution >= 4 is 39.1 Å². The van der Waals surface area contributed by atoms with Crippen molar-refractivity contribution in [3.8, 4) is 5.69 Å². The number of nitrogens with two attached hydrogens (primary N) is 1. The van der Waals surface area contributed by atoms with Crippen LogP contribution in [0.15, 0.2) is 48.8 Å². The number of nitrogens with one attached hydrogen (secondary N) is 2. The summed E-state index contributed by atoms with van der Waals surface area (Å²) >= 11 is 1.19. The Morgan fingerprint density at radius 1 is 1.10 bits per heavy atom. The topological polar surface area (TPSA) is 115 Å². The van der Waals surface area contributed by atoms with Gasteiger partial charge in [-0.1, -0.05) is 18.2 Å². The maximum absolute atomic E-state index is 12.5. The fraction of sp³-hybridized carbons (Fsp3) is 0.100. The molecule has 146 valence electrons. The summed E-state index contributed by atoms with van der Waals surface area (Å²) < 4.78 is 1.58. The number of nitrogen functional groups attached to an aromatic ring is 1. The predicted octanol–water partition coefficient (Wildman–Crippen LogP) is 2.76. The summed E-state index contributed by atoms with van der Waals surface area (Å²) in [6, 6.07) is 11.3. The fourth-order valence-electron chi connectivity index (χ4n) is 3.04. The molecule has 4 aromatic rings. The van der Waals surface area contributed by atoms with Crippen LogP contribution in [0.1, 0.15) is 31.3 Å². The number of carbonyl (C=O) groups is 2. The highest BCUT2D eigenvalue weighted by Gasteiger charge is 2.20. The Morgan fingerprint density at radius 3 is 2.59 bits per heavy atom. The average Bonchev–Trinajstić information content (AvgIpc) is 3.32. The minimum atomic E-state index is -0.494. The van der Waals surface area contributed by atoms with Crippen molar-refractivity contribution in [2.45, 2.75) is 13.8 Å². The maximum atomic E-state index is 12.5. The van der Waals surface area contributed by atoms with Crippen molar-refractivity contribution in [3.63, 3.8) is 0 Å². The molecule has 4 N–H and O–H groups in total. The van der Waals surface area contributed by atoms with Gasteiger partial charge in [-0.25, -0.2) is 9.67 Å². The van der Waals surface area contributed by atoms with E-state index in [-0.39, 0.29) is 0 Å². The third kappa shape index (κ3) is 3.55. The molecule has 3 aromatic heterocycles. The number of anilines is 1. The minimum Gasteiger partial charge on any atom is -0.397 e. The Balaban J connectivity index is 1.48. The normalized spacial score (nSPS) is 10.8. The van der Waals surface area contributed by atoms with Gasteiger partial charge >= 0.3 is 0 Å². The number of rotatable bonds is 3. The van der Waals surface area contributed by atoms with Crippen molar-refractivity contribution in [2.24, 2.45) is 0 Å². The van der Waals surface area contributed by atoms with E-state index in [0.29, 0.717) is 21.0 Å². The molecule has 29 heavy (non-hydrogen) atoms. The van der Waals surface area contributed by atoms with Crippen LogP contribution in [-0.2, 0) is 0 Å². The molecule has 0 aliphatic rings. The number of aryl methyl sites for hydroxylation is 2. The molecular formula is C20H18N6O2S. The van der Waals surface area contributed by atoms with Gasteiger partial charge in [0.05, 0.1) is 23.1 Å². The van der Waals surface area contributed by atoms with Gasteiger partial charge in [0.15, 0.2) is 0 Å². The van der Waals surface area contributed by atoms with Gasteiger partial charge in [0, 0.05) is 17.3 Å². The monoisotopic (exact) mass is 406 g/mol. The standard InChI is InChI=1S/C20H18N6O2S/c1-11-8-12(2)23-20-15(11)16(21)17(29-20)19(28)25-24-18(27)13-9-22-26(10-13)14-6-4-3-5-7-14/h3-10H,21H2,1-2H3,(H,24,27)(H,25,28). The van der Waals surface area contributed by atoms with Crippen LogP contribution >= 0.6 is 11.3 Å². The first-order chi connectivity index (χ1) is 13.9. The molecule has 4 rings (SSSR count). The number of hydrogen-bond acceptors (Lipinski definition) is 6. The molecule has 0 saturated heterocycles. The lowest BCUT2D eigenvalue weighted by atomic mass is 10.1. The van der Waals surface area contributed by atoms with E-state index in [2.05, 4.69) is 20.9 Å². The molecule has 2 amide bonds. The van der Waals surface area contributed by atoms with E-state index in [1.54, 1.807) is 10.9 Å². The van der Waals surface area contributed by atoms with E-state index in [9.17, 15) is 9.59 Å². The third-order valence-corrected chi connectivity index (χ3v) is 5.48. The summed E-state index contributed by atoms with van der Waals surface area (Å²) in [5, 5.41) is 4.94. The quantitative estimate of drug-likeness (QED) is 0.453. The zero-order valence-electron chi connectivity index (χ0n) is 15.8. The summed E-state index contributed by atoms with van der Waals surface area (Å²) in [7, 11) is 0. The number of hydrogen-bond donors (Lipinski definition) is 3. The fourth-order valence-corrected chi connectivity index (χ4v) is 4.15. The van der Waals surface area contributed by atoms with E-state index in [4.69, 9.17) is 5.73 Å². The molecular weight excluding hydrogens is 388 g/mol. The number of fused-ring (bicyclic) bond motifs is 1. The summed E-state index contributed by atoms with van der Waals surface area (Å²) in [5.41, 5.74) is 14.3. The molecule has 8 nitrogen and oxygen atoms in total. The highest BCUT2D eigenvalue weighted by molar-refractivity contribution is 7.21. The van der Waals surface area contributed by atoms with Gasteiger partial charge in [-0.05, 0) is 37.6 Å². The van der Waals surface area contributed by atoms with Crippen molar-refractivity contribution in [2.75, 3.05) is 5.73 Å². The number of benzene rings is 1. The molecule has 0 bridgehead atoms. The van der Waals surface area contributed by atoms with E-state index < -0.39 is 11.8 Å². The van der Waals surface area contributed by atoms with Gasteiger partial charge in [0.2, 0.25) is 0 Å². The molecule has 0 unspecified atom stereocenters. The van der Waals surface area contributed by atoms with E-state index in [1.807, 2.05) is 50.2 Å². The summed E-state index contributed by atoms with van der Waals surface area (Å²) in [4.78, 5) is 30.3. The molecule has 9 heteroatoms. The highest BCUT2D eigenvalue weighted by Crippen LogP contribution is 2.34. The molecule has 0 aliphatic carbocycles. The van der Waals surface area contributed by atoms with Crippen LogP contribution in [0.5, 0.6) is 0 Å². The second kappa shape index (κ2) is 7.36. The lowest BCUT2D eigenvalue weighted by Gasteiger charge is -2.05. The number of amides is 2. The Kier molecular flexibility index (Phi) is 4.73. The first kappa shape index (κ1) is 18.6. The number of pyridine rings is 1. The molecule has 0 aliphatic heterocycles. The van der Waals surface area contributed by atoms with Gasteiger partial charge in [-0.15, -0.1) is 11.3 Å². The molecule has 0 atom stereocenters. The Hall–Kier alpha value is -3.72. The number of carbonyl (C=O) groups excluding carboxylic acids is 2. The first-order valence-corrected chi connectivity index (χ1v) is 9.62. The van der Waals surface area contributed by atoms with Crippen LogP contribution in [-0.4, -0.2) is 26.6 Å². The maximum Gasteiger partial charge on any atom is 0.281 e. The van der Waals surface area contributed by atoms with E-state index in [1.165, 1.54) is 17.5 Å². The van der Waals surface area contributed by atoms with Crippen molar-refractivity contribution in [1.82, 2.24) is 25.6 Å². The SMILES string of the molecule is Cc1cc(C)c2c(N)c(C(=O)NNC(=O)c3cnn(-c4ccccc4)c3)sc2n1. The Morgan fingerprint density at radius 2 is 1.83 bits per heavy atom. The highest BCUT2D eigenvalue weighted by atomic mass is 32.1. The number of aromatic nitrogens is 3. The second-order valence-corrected chi connectivity index (χ2v) is 7.52. The van der Waals surface area contributed by atoms with E-state index >= 15 is 0 Å². The van der Waals surface area contributed by atoms with Crippen molar-refractivity contribution in [1.29, 1.82) is 0 Å². The molecule has 0 fully saturated rings. The molecule has 0 spiro atoms. The van der Waals surface area contributed by atoms with Crippen molar-refractivity contribution in [3.05, 3.63) is 70.5 Å². The minimum absolute atomic E-state index is 0.307. The van der Waals surface area contributed by atoms with Crippen LogP contribution in [0.3, 0.4) is 0 Å². The first-order valence-electron chi connectivity index (χ1n) is 8.81. The van der Waals surface area contributed by atoms with Crippen LogP contribution in [0.25, 0.3) is 15.9 Å². The number of nitrogens with zero attached hydrogens (tertiary/aromatic N) is 3. The molecule has 1 aromatic carbocycles. The zero-order chi connectivity index (χ0) is 20.5. The third-order valence-electron chi connectivity index (χ3n) is 4.39. The number of hydrazine groups is 1. The van der Waals surface area contributed by atoms with Crippen LogP contribution in [0.4, 0.5) is 5.69 Å². The molecule has 0 radical (unpaired) electrons. The van der Waals surface area contributed by atoms with Crippen LogP contribution in [0, 0.1) is 13.8 Å². The second-order valence-electron chi connectivity index (χ2n) is 6.52. The lowest BCUT2D eigenvalue weighted by molar-refractivity contribution is 0.0849. The van der Waals surface area contributed by atoms with Gasteiger partial charge < -0.3 is 5.73 Å². The molecule has 0 saturated carbocycles. The molecule has 3 heterocycles. The van der Waals surface area contributed by atoms with Crippen molar-refractivity contribution < 1.29 is 9.59 Å². The van der Waals surface area contributed by atoms with Gasteiger partial charge in [-0.3, -0.25) is 20.4 Å².